The first kappa shape index (κ1) is 29.2. The van der Waals surface area contributed by atoms with Crippen LogP contribution >= 0.6 is 0 Å². The minimum Gasteiger partial charge on any atom is -0.383 e. The smallest absolute Gasteiger partial charge is 0.207 e. The molecule has 0 fully saturated rings. The summed E-state index contributed by atoms with van der Waals surface area (Å²) < 4.78 is 10.9. The molecule has 0 atom stereocenters. The molecule has 0 unspecified atom stereocenters. The molecule has 0 aliphatic rings. The molecule has 2 heterocycles. The van der Waals surface area contributed by atoms with Crippen LogP contribution in [0, 0.1) is 5.41 Å². The van der Waals surface area contributed by atoms with E-state index >= 15 is 0 Å². The number of rotatable bonds is 14. The van der Waals surface area contributed by atoms with Crippen LogP contribution in [-0.2, 0) is 21.4 Å². The molecule has 0 radical (unpaired) electrons. The first-order valence-corrected chi connectivity index (χ1v) is 13.4. The minimum absolute atomic E-state index is 0.125. The summed E-state index contributed by atoms with van der Waals surface area (Å²) in [6.45, 7) is 7.82. The van der Waals surface area contributed by atoms with Gasteiger partial charge in [-0.05, 0) is 42.7 Å². The van der Waals surface area contributed by atoms with Gasteiger partial charge in [-0.25, -0.2) is 9.97 Å². The number of nitrogens with zero attached hydrogens (tertiary/aromatic N) is 3. The molecule has 11 heteroatoms. The first-order chi connectivity index (χ1) is 19.7. The summed E-state index contributed by atoms with van der Waals surface area (Å²) in [6, 6.07) is 17.3. The monoisotopic (exact) mass is 556 g/mol. The summed E-state index contributed by atoms with van der Waals surface area (Å²) in [6.07, 6.45) is 3.74. The number of nitrogen functional groups attached to an aromatic ring is 1. The number of hydrogen-bond acceptors (Lipinski definition) is 10. The highest BCUT2D eigenvalue weighted by atomic mass is 16.5. The van der Waals surface area contributed by atoms with Crippen LogP contribution in [0.2, 0.25) is 0 Å². The van der Waals surface area contributed by atoms with E-state index in [9.17, 15) is 4.79 Å². The summed E-state index contributed by atoms with van der Waals surface area (Å²) >= 11 is 0. The molecule has 2 aromatic carbocycles. The number of anilines is 5. The Bertz CT molecular complexity index is 1440. The third kappa shape index (κ3) is 8.12. The van der Waals surface area contributed by atoms with Crippen molar-refractivity contribution in [2.45, 2.75) is 39.0 Å². The molecule has 11 nitrogen and oxygen atoms in total. The predicted octanol–water partition coefficient (Wildman–Crippen LogP) is 4.94. The van der Waals surface area contributed by atoms with Crippen molar-refractivity contribution in [3.63, 3.8) is 0 Å². The van der Waals surface area contributed by atoms with Gasteiger partial charge < -0.3 is 30.9 Å². The largest absolute Gasteiger partial charge is 0.383 e. The molecule has 6 N–H and O–H groups in total. The topological polar surface area (TPSA) is 164 Å². The summed E-state index contributed by atoms with van der Waals surface area (Å²) in [5, 5.41) is 22.0. The van der Waals surface area contributed by atoms with Crippen LogP contribution in [-0.4, -0.2) is 47.0 Å². The Morgan fingerprint density at radius 2 is 1.73 bits per heavy atom. The van der Waals surface area contributed by atoms with E-state index in [1.807, 2.05) is 54.6 Å². The molecule has 0 saturated heterocycles. The molecule has 0 aliphatic carbocycles. The lowest BCUT2D eigenvalue weighted by atomic mass is 9.93. The van der Waals surface area contributed by atoms with Crippen LogP contribution in [0.4, 0.5) is 28.8 Å². The highest BCUT2D eigenvalue weighted by Gasteiger charge is 2.20. The Morgan fingerprint density at radius 1 is 1.02 bits per heavy atom. The summed E-state index contributed by atoms with van der Waals surface area (Å²) in [5.74, 6) is 2.10. The summed E-state index contributed by atoms with van der Waals surface area (Å²) in [7, 11) is 0. The van der Waals surface area contributed by atoms with Gasteiger partial charge in [0.05, 0.1) is 17.9 Å². The highest BCUT2D eigenvalue weighted by Crippen LogP contribution is 2.28. The number of nitrogens with two attached hydrogens (primary N) is 1. The average molecular weight is 557 g/mol. The second-order valence-corrected chi connectivity index (χ2v) is 10.5. The van der Waals surface area contributed by atoms with Crippen molar-refractivity contribution < 1.29 is 14.1 Å². The number of amides is 1. The van der Waals surface area contributed by atoms with Gasteiger partial charge in [0.1, 0.15) is 23.7 Å². The van der Waals surface area contributed by atoms with E-state index in [1.165, 1.54) is 6.33 Å². The average Bonchev–Trinajstić information content (AvgIpc) is 3.43. The van der Waals surface area contributed by atoms with E-state index in [0.717, 1.165) is 35.5 Å². The van der Waals surface area contributed by atoms with Gasteiger partial charge in [0.25, 0.3) is 0 Å². The lowest BCUT2D eigenvalue weighted by Gasteiger charge is -2.14. The molecule has 214 valence electrons. The van der Waals surface area contributed by atoms with Gasteiger partial charge in [0.15, 0.2) is 5.82 Å². The van der Waals surface area contributed by atoms with E-state index in [2.05, 4.69) is 51.8 Å². The van der Waals surface area contributed by atoms with E-state index in [1.54, 1.807) is 0 Å². The van der Waals surface area contributed by atoms with Crippen molar-refractivity contribution in [1.82, 2.24) is 20.4 Å². The first-order valence-electron chi connectivity index (χ1n) is 13.4. The Labute approximate surface area is 239 Å². The number of aryl methyl sites for hydroxylation is 1. The maximum Gasteiger partial charge on any atom is 0.207 e. The molecule has 2 aromatic heterocycles. The fourth-order valence-corrected chi connectivity index (χ4v) is 4.00. The Hall–Kier alpha value is -4.77. The zero-order chi connectivity index (χ0) is 29.2. The van der Waals surface area contributed by atoms with Crippen LogP contribution in [0.1, 0.15) is 49.6 Å². The molecule has 0 saturated carbocycles. The number of hydrogen-bond donors (Lipinski definition) is 5. The van der Waals surface area contributed by atoms with Gasteiger partial charge >= 0.3 is 0 Å². The number of benzene rings is 2. The Balaban J connectivity index is 1.38. The second-order valence-electron chi connectivity index (χ2n) is 10.5. The molecule has 0 bridgehead atoms. The van der Waals surface area contributed by atoms with Gasteiger partial charge in [-0.1, -0.05) is 50.2 Å². The number of nitrogens with one attached hydrogen (secondary N) is 4. The van der Waals surface area contributed by atoms with Crippen LogP contribution < -0.4 is 21.7 Å². The number of carbonyl (C=O) groups excluding carboxylic acids is 1. The van der Waals surface area contributed by atoms with Crippen molar-refractivity contribution in [2.24, 2.45) is 0 Å². The van der Waals surface area contributed by atoms with E-state index < -0.39 is 0 Å². The fraction of sp³-hybridized carbons (Fsp3) is 0.300. The number of carbonyl (C=O) groups is 1. The molecule has 41 heavy (non-hydrogen) atoms. The van der Waals surface area contributed by atoms with Gasteiger partial charge in [0.2, 0.25) is 6.41 Å². The van der Waals surface area contributed by atoms with Gasteiger partial charge in [0, 0.05) is 41.6 Å². The van der Waals surface area contributed by atoms with E-state index in [4.69, 9.17) is 20.4 Å². The standard InChI is InChI=1S/C30H36N8O3/c1-30(2,3)24-17-25(38-41-24)36-22-10-12-23(13-11-22)37-29-26(28(32)34-18-35-29)27(31)21-8-6-20(7-9-21)5-4-15-40-16-14-33-19-39/h6-13,17-19,31H,4-5,14-16H2,1-3H3,(H,33,39)(H,36,38)(H3,32,34,35,37). The molecule has 4 rings (SSSR count). The zero-order valence-corrected chi connectivity index (χ0v) is 23.5. The van der Waals surface area contributed by atoms with Crippen molar-refractivity contribution in [1.29, 1.82) is 5.41 Å². The third-order valence-electron chi connectivity index (χ3n) is 6.27. The Kier molecular flexibility index (Phi) is 9.64. The quantitative estimate of drug-likeness (QED) is 0.0821. The number of aromatic nitrogens is 3. The van der Waals surface area contributed by atoms with Crippen molar-refractivity contribution in [3.05, 3.63) is 83.4 Å². The van der Waals surface area contributed by atoms with Crippen LogP contribution in [0.5, 0.6) is 0 Å². The molecule has 0 spiro atoms. The summed E-state index contributed by atoms with van der Waals surface area (Å²) in [4.78, 5) is 18.7. The predicted molar refractivity (Wildman–Crippen MR) is 160 cm³/mol. The maximum absolute atomic E-state index is 10.2. The number of ether oxygens (including phenoxy) is 1. The normalized spacial score (nSPS) is 11.2. The fourth-order valence-electron chi connectivity index (χ4n) is 4.00. The zero-order valence-electron chi connectivity index (χ0n) is 23.5. The SMILES string of the molecule is CC(C)(C)c1cc(Nc2ccc(Nc3ncnc(N)c3C(=N)c3ccc(CCCOCCNC=O)cc3)cc2)no1. The van der Waals surface area contributed by atoms with Crippen LogP contribution in [0.15, 0.2) is 65.4 Å². The van der Waals surface area contributed by atoms with E-state index in [-0.39, 0.29) is 16.9 Å². The van der Waals surface area contributed by atoms with Crippen molar-refractivity contribution in [3.8, 4) is 0 Å². The van der Waals surface area contributed by atoms with E-state index in [0.29, 0.717) is 48.9 Å². The molecular formula is C30H36N8O3. The molecular weight excluding hydrogens is 520 g/mol. The van der Waals surface area contributed by atoms with Gasteiger partial charge in [-0.3, -0.25) is 10.2 Å². The Morgan fingerprint density at radius 3 is 2.39 bits per heavy atom. The van der Waals surface area contributed by atoms with Crippen molar-refractivity contribution >= 4 is 41.0 Å². The third-order valence-corrected chi connectivity index (χ3v) is 6.27. The molecule has 4 aromatic rings. The van der Waals surface area contributed by atoms with Crippen LogP contribution in [0.3, 0.4) is 0 Å². The second kappa shape index (κ2) is 13.5. The lowest BCUT2D eigenvalue weighted by Crippen LogP contribution is -2.17. The highest BCUT2D eigenvalue weighted by molar-refractivity contribution is 6.16. The lowest BCUT2D eigenvalue weighted by molar-refractivity contribution is -0.109. The van der Waals surface area contributed by atoms with Crippen LogP contribution in [0.25, 0.3) is 0 Å². The van der Waals surface area contributed by atoms with Gasteiger partial charge in [-0.15, -0.1) is 0 Å². The van der Waals surface area contributed by atoms with Crippen molar-refractivity contribution in [2.75, 3.05) is 36.1 Å². The molecule has 0 aliphatic heterocycles. The maximum atomic E-state index is 10.2. The minimum atomic E-state index is -0.125. The van der Waals surface area contributed by atoms with Gasteiger partial charge in [-0.2, -0.15) is 0 Å². The summed E-state index contributed by atoms with van der Waals surface area (Å²) in [5.41, 5.74) is 10.2. The molecule has 1 amide bonds.